The largest absolute Gasteiger partial charge is 0.546 e. The number of benzene rings is 3. The van der Waals surface area contributed by atoms with Gasteiger partial charge in [0, 0.05) is 11.5 Å². The molecule has 0 aliphatic carbocycles. The molecule has 1 heterocycles. The van der Waals surface area contributed by atoms with E-state index >= 15 is 0 Å². The molecule has 32 heavy (non-hydrogen) atoms. The van der Waals surface area contributed by atoms with Crippen LogP contribution in [0, 0.1) is 0 Å². The summed E-state index contributed by atoms with van der Waals surface area (Å²) in [7, 11) is 0. The average Bonchev–Trinajstić information content (AvgIpc) is 2.80. The molecule has 0 bridgehead atoms. The van der Waals surface area contributed by atoms with Crippen molar-refractivity contribution in [1.29, 1.82) is 0 Å². The van der Waals surface area contributed by atoms with E-state index in [1.54, 1.807) is 0 Å². The Morgan fingerprint density at radius 2 is 1.59 bits per heavy atom. The first kappa shape index (κ1) is 21.2. The minimum atomic E-state index is -1.34. The summed E-state index contributed by atoms with van der Waals surface area (Å²) in [6.07, 6.45) is 1.23. The highest BCUT2D eigenvalue weighted by Crippen LogP contribution is 2.33. The van der Waals surface area contributed by atoms with Gasteiger partial charge in [-0.3, -0.25) is 4.79 Å². The first-order valence-electron chi connectivity index (χ1n) is 10.1. The molecule has 0 saturated heterocycles. The molecular formula is C26H21O6-. The van der Waals surface area contributed by atoms with E-state index in [2.05, 4.69) is 26.0 Å². The van der Waals surface area contributed by atoms with Crippen molar-refractivity contribution in [3.8, 4) is 17.2 Å². The minimum Gasteiger partial charge on any atom is -0.546 e. The van der Waals surface area contributed by atoms with Gasteiger partial charge in [-0.2, -0.15) is 0 Å². The second-order valence-electron chi connectivity index (χ2n) is 7.87. The topological polar surface area (TPSA) is 88.8 Å². The molecule has 0 spiro atoms. The van der Waals surface area contributed by atoms with E-state index in [0.29, 0.717) is 11.1 Å². The third kappa shape index (κ3) is 4.34. The fourth-order valence-corrected chi connectivity index (χ4v) is 3.48. The van der Waals surface area contributed by atoms with Crippen LogP contribution >= 0.6 is 0 Å². The third-order valence-corrected chi connectivity index (χ3v) is 5.37. The number of carbonyl (C=O) groups excluding carboxylic acids is 1. The number of fused-ring (bicyclic) bond motifs is 1. The van der Waals surface area contributed by atoms with Gasteiger partial charge in [0.25, 0.3) is 0 Å². The number of aliphatic carboxylic acids is 1. The van der Waals surface area contributed by atoms with Crippen molar-refractivity contribution in [2.24, 2.45) is 0 Å². The van der Waals surface area contributed by atoms with Crippen molar-refractivity contribution < 1.29 is 23.8 Å². The van der Waals surface area contributed by atoms with Crippen LogP contribution in [0.4, 0.5) is 0 Å². The maximum absolute atomic E-state index is 12.8. The SMILES string of the molecule is CC(C)(c1ccccc1)c1ccc(Oc2coc3cc(OCC(=O)[O-])ccc3c2=O)cc1. The van der Waals surface area contributed by atoms with E-state index in [1.807, 2.05) is 42.5 Å². The van der Waals surface area contributed by atoms with E-state index in [0.717, 1.165) is 5.56 Å². The Morgan fingerprint density at radius 3 is 2.28 bits per heavy atom. The van der Waals surface area contributed by atoms with E-state index in [-0.39, 0.29) is 27.9 Å². The molecule has 0 radical (unpaired) electrons. The number of carbonyl (C=O) groups is 1. The molecule has 0 saturated carbocycles. The molecule has 0 fully saturated rings. The van der Waals surface area contributed by atoms with Crippen molar-refractivity contribution in [1.82, 2.24) is 0 Å². The van der Waals surface area contributed by atoms with Gasteiger partial charge >= 0.3 is 0 Å². The third-order valence-electron chi connectivity index (χ3n) is 5.37. The molecule has 0 unspecified atom stereocenters. The number of rotatable bonds is 7. The first-order chi connectivity index (χ1) is 15.3. The number of hydrogen-bond acceptors (Lipinski definition) is 6. The normalized spacial score (nSPS) is 11.3. The standard InChI is InChI=1S/C26H22O6/c1-26(2,17-6-4-3-5-7-17)18-8-10-19(11-9-18)32-23-15-31-22-14-20(30-16-24(27)28)12-13-21(22)25(23)29/h3-15H,16H2,1-2H3,(H,27,28)/p-1. The van der Waals surface area contributed by atoms with Gasteiger partial charge in [-0.15, -0.1) is 0 Å². The zero-order chi connectivity index (χ0) is 22.7. The van der Waals surface area contributed by atoms with Gasteiger partial charge in [0.1, 0.15) is 30.0 Å². The van der Waals surface area contributed by atoms with Gasteiger partial charge in [-0.25, -0.2) is 0 Å². The average molecular weight is 429 g/mol. The van der Waals surface area contributed by atoms with Crippen molar-refractivity contribution in [3.63, 3.8) is 0 Å². The summed E-state index contributed by atoms with van der Waals surface area (Å²) in [6.45, 7) is 3.72. The van der Waals surface area contributed by atoms with Crippen LogP contribution in [-0.4, -0.2) is 12.6 Å². The van der Waals surface area contributed by atoms with E-state index < -0.39 is 12.6 Å². The molecular weight excluding hydrogens is 408 g/mol. The van der Waals surface area contributed by atoms with Gasteiger partial charge < -0.3 is 23.8 Å². The van der Waals surface area contributed by atoms with Gasteiger partial charge in [0.2, 0.25) is 11.2 Å². The van der Waals surface area contributed by atoms with Crippen LogP contribution in [0.5, 0.6) is 17.2 Å². The maximum atomic E-state index is 12.8. The maximum Gasteiger partial charge on any atom is 0.235 e. The van der Waals surface area contributed by atoms with Gasteiger partial charge in [0.05, 0.1) is 11.4 Å². The number of carboxylic acid groups (broad SMARTS) is 1. The summed E-state index contributed by atoms with van der Waals surface area (Å²) in [5.41, 5.74) is 2.06. The van der Waals surface area contributed by atoms with E-state index in [9.17, 15) is 14.7 Å². The van der Waals surface area contributed by atoms with Crippen LogP contribution < -0.4 is 20.0 Å². The molecule has 4 aromatic rings. The molecule has 0 N–H and O–H groups in total. The van der Waals surface area contributed by atoms with Gasteiger partial charge in [0.15, 0.2) is 0 Å². The number of ether oxygens (including phenoxy) is 2. The molecule has 0 aliphatic heterocycles. The van der Waals surface area contributed by atoms with Crippen LogP contribution in [0.1, 0.15) is 25.0 Å². The Labute approximate surface area is 184 Å². The first-order valence-corrected chi connectivity index (χ1v) is 10.1. The predicted octanol–water partition coefficient (Wildman–Crippen LogP) is 4.04. The van der Waals surface area contributed by atoms with E-state index in [4.69, 9.17) is 13.9 Å². The second kappa shape index (κ2) is 8.59. The summed E-state index contributed by atoms with van der Waals surface area (Å²) in [6, 6.07) is 22.3. The Kier molecular flexibility index (Phi) is 5.69. The molecule has 6 heteroatoms. The van der Waals surface area contributed by atoms with Crippen LogP contribution in [0.25, 0.3) is 11.0 Å². The fraction of sp³-hybridized carbons (Fsp3) is 0.154. The molecule has 162 valence electrons. The molecule has 0 amide bonds. The summed E-state index contributed by atoms with van der Waals surface area (Å²) in [5, 5.41) is 10.8. The predicted molar refractivity (Wildman–Crippen MR) is 118 cm³/mol. The highest BCUT2D eigenvalue weighted by Gasteiger charge is 2.22. The zero-order valence-electron chi connectivity index (χ0n) is 17.7. The van der Waals surface area contributed by atoms with Crippen molar-refractivity contribution >= 4 is 16.9 Å². The van der Waals surface area contributed by atoms with Crippen molar-refractivity contribution in [3.05, 3.63) is 100 Å². The van der Waals surface area contributed by atoms with E-state index in [1.165, 1.54) is 30.0 Å². The lowest BCUT2D eigenvalue weighted by molar-refractivity contribution is -0.307. The molecule has 0 atom stereocenters. The Morgan fingerprint density at radius 1 is 0.938 bits per heavy atom. The molecule has 3 aromatic carbocycles. The Bertz CT molecular complexity index is 1300. The summed E-state index contributed by atoms with van der Waals surface area (Å²) in [4.78, 5) is 23.3. The quantitative estimate of drug-likeness (QED) is 0.441. The second-order valence-corrected chi connectivity index (χ2v) is 7.87. The molecule has 4 rings (SSSR count). The number of hydrogen-bond donors (Lipinski definition) is 0. The monoisotopic (exact) mass is 429 g/mol. The lowest BCUT2D eigenvalue weighted by Gasteiger charge is -2.26. The van der Waals surface area contributed by atoms with Gasteiger partial charge in [-0.05, 0) is 35.4 Å². The van der Waals surface area contributed by atoms with Crippen LogP contribution in [0.15, 0.2) is 88.3 Å². The fourth-order valence-electron chi connectivity index (χ4n) is 3.48. The lowest BCUT2D eigenvalue weighted by atomic mass is 9.78. The smallest absolute Gasteiger partial charge is 0.235 e. The summed E-state index contributed by atoms with van der Waals surface area (Å²) >= 11 is 0. The zero-order valence-corrected chi connectivity index (χ0v) is 17.7. The summed E-state index contributed by atoms with van der Waals surface area (Å²) < 4.78 is 16.3. The van der Waals surface area contributed by atoms with Crippen molar-refractivity contribution in [2.45, 2.75) is 19.3 Å². The van der Waals surface area contributed by atoms with Crippen LogP contribution in [0.3, 0.4) is 0 Å². The highest BCUT2D eigenvalue weighted by atomic mass is 16.5. The molecule has 0 aliphatic rings. The van der Waals surface area contributed by atoms with Crippen molar-refractivity contribution in [2.75, 3.05) is 6.61 Å². The molecule has 1 aromatic heterocycles. The summed E-state index contributed by atoms with van der Waals surface area (Å²) in [5.74, 6) is -0.516. The Balaban J connectivity index is 1.55. The number of carboxylic acids is 1. The highest BCUT2D eigenvalue weighted by molar-refractivity contribution is 5.79. The minimum absolute atomic E-state index is 0.0518. The molecule has 6 nitrogen and oxygen atoms in total. The van der Waals surface area contributed by atoms with Crippen LogP contribution in [-0.2, 0) is 10.2 Å². The Hall–Kier alpha value is -4.06. The lowest BCUT2D eigenvalue weighted by Crippen LogP contribution is -2.28. The van der Waals surface area contributed by atoms with Crippen LogP contribution in [0.2, 0.25) is 0 Å². The van der Waals surface area contributed by atoms with Gasteiger partial charge in [-0.1, -0.05) is 56.3 Å².